The molecule has 0 aliphatic carbocycles. The summed E-state index contributed by atoms with van der Waals surface area (Å²) in [7, 11) is 0. The van der Waals surface area contributed by atoms with E-state index >= 15 is 0 Å². The van der Waals surface area contributed by atoms with Gasteiger partial charge in [0.2, 0.25) is 0 Å². The molecule has 1 aromatic heterocycles. The fraction of sp³-hybridized carbons (Fsp3) is 0.250. The van der Waals surface area contributed by atoms with Crippen LogP contribution in [0.15, 0.2) is 46.8 Å². The number of benzene rings is 2. The van der Waals surface area contributed by atoms with Crippen molar-refractivity contribution in [3.8, 4) is 0 Å². The first-order valence-electron chi connectivity index (χ1n) is 8.71. The minimum atomic E-state index is -0.495. The number of para-hydroxylation sites is 1. The molecule has 0 aliphatic heterocycles. The van der Waals surface area contributed by atoms with Crippen molar-refractivity contribution in [2.24, 2.45) is 0 Å². The number of ether oxygens (including phenoxy) is 1. The topological polar surface area (TPSA) is 68.3 Å². The van der Waals surface area contributed by atoms with Gasteiger partial charge in [-0.2, -0.15) is 0 Å². The van der Waals surface area contributed by atoms with Crippen molar-refractivity contribution in [3.63, 3.8) is 0 Å². The van der Waals surface area contributed by atoms with Crippen molar-refractivity contribution in [2.75, 3.05) is 17.7 Å². The molecule has 0 saturated heterocycles. The van der Waals surface area contributed by atoms with Gasteiger partial charge in [-0.25, -0.2) is 9.37 Å². The zero-order chi connectivity index (χ0) is 19.9. The number of rotatable bonds is 8. The number of amides is 1. The highest BCUT2D eigenvalue weighted by Gasteiger charge is 2.10. The molecule has 5 nitrogen and oxygen atoms in total. The van der Waals surface area contributed by atoms with Crippen molar-refractivity contribution in [2.45, 2.75) is 24.1 Å². The second-order valence-corrected chi connectivity index (χ2v) is 8.44. The number of aryl methyl sites for hydroxylation is 1. The number of thioether (sulfide) groups is 1. The molecule has 0 spiro atoms. The number of halogens is 1. The van der Waals surface area contributed by atoms with Crippen LogP contribution in [0.2, 0.25) is 0 Å². The summed E-state index contributed by atoms with van der Waals surface area (Å²) in [5.74, 6) is -0.630. The van der Waals surface area contributed by atoms with E-state index in [9.17, 15) is 14.0 Å². The predicted molar refractivity (Wildman–Crippen MR) is 110 cm³/mol. The van der Waals surface area contributed by atoms with E-state index in [1.165, 1.54) is 12.1 Å². The van der Waals surface area contributed by atoms with Crippen LogP contribution < -0.4 is 5.32 Å². The van der Waals surface area contributed by atoms with E-state index in [4.69, 9.17) is 4.74 Å². The monoisotopic (exact) mass is 418 g/mol. The quantitative estimate of drug-likeness (QED) is 0.323. The Morgan fingerprint density at radius 3 is 2.89 bits per heavy atom. The van der Waals surface area contributed by atoms with Gasteiger partial charge in [0.1, 0.15) is 5.82 Å². The largest absolute Gasteiger partial charge is 0.456 e. The Hall–Kier alpha value is -2.45. The fourth-order valence-electron chi connectivity index (χ4n) is 2.42. The molecule has 0 bridgehead atoms. The van der Waals surface area contributed by atoms with Crippen molar-refractivity contribution < 1.29 is 18.7 Å². The molecule has 0 fully saturated rings. The molecule has 1 amide bonds. The molecular weight excluding hydrogens is 399 g/mol. The average Bonchev–Trinajstić information content (AvgIpc) is 3.09. The summed E-state index contributed by atoms with van der Waals surface area (Å²) >= 11 is 3.23. The summed E-state index contributed by atoms with van der Waals surface area (Å²) < 4.78 is 20.3. The molecule has 0 unspecified atom stereocenters. The lowest BCUT2D eigenvalue weighted by Gasteiger charge is -2.09. The van der Waals surface area contributed by atoms with Gasteiger partial charge < -0.3 is 10.1 Å². The minimum absolute atomic E-state index is 0.226. The van der Waals surface area contributed by atoms with Crippen LogP contribution >= 0.6 is 23.1 Å². The number of thiazole rings is 1. The number of carbonyl (C=O) groups is 2. The van der Waals surface area contributed by atoms with Gasteiger partial charge in [0.25, 0.3) is 5.91 Å². The standard InChI is InChI=1S/C20H19FN2O3S2/c1-13-8-9-14(21)11-16(13)22-18(24)12-26-19(25)7-4-10-27-20-23-15-5-2-3-6-17(15)28-20/h2-3,5-6,8-9,11H,4,7,10,12H2,1H3,(H,22,24). The van der Waals surface area contributed by atoms with E-state index in [-0.39, 0.29) is 13.0 Å². The van der Waals surface area contributed by atoms with Crippen molar-refractivity contribution in [1.82, 2.24) is 4.98 Å². The number of esters is 1. The zero-order valence-electron chi connectivity index (χ0n) is 15.2. The minimum Gasteiger partial charge on any atom is -0.456 e. The van der Waals surface area contributed by atoms with Gasteiger partial charge in [-0.1, -0.05) is 30.0 Å². The molecule has 0 radical (unpaired) electrons. The molecule has 3 aromatic rings. The van der Waals surface area contributed by atoms with Crippen LogP contribution in [0.25, 0.3) is 10.2 Å². The zero-order valence-corrected chi connectivity index (χ0v) is 16.9. The molecule has 8 heteroatoms. The van der Waals surface area contributed by atoms with E-state index in [1.807, 2.05) is 24.3 Å². The van der Waals surface area contributed by atoms with Crippen LogP contribution in [0, 0.1) is 12.7 Å². The maximum atomic E-state index is 13.2. The number of aromatic nitrogens is 1. The number of hydrogen-bond acceptors (Lipinski definition) is 6. The summed E-state index contributed by atoms with van der Waals surface area (Å²) in [5.41, 5.74) is 2.08. The summed E-state index contributed by atoms with van der Waals surface area (Å²) in [6.07, 6.45) is 0.855. The average molecular weight is 419 g/mol. The SMILES string of the molecule is Cc1ccc(F)cc1NC(=O)COC(=O)CCCSc1nc2ccccc2s1. The highest BCUT2D eigenvalue weighted by atomic mass is 32.2. The number of anilines is 1. The van der Waals surface area contributed by atoms with Crippen molar-refractivity contribution in [1.29, 1.82) is 0 Å². The molecule has 0 saturated carbocycles. The number of fused-ring (bicyclic) bond motifs is 1. The van der Waals surface area contributed by atoms with Crippen LogP contribution in [0.5, 0.6) is 0 Å². The summed E-state index contributed by atoms with van der Waals surface area (Å²) in [5, 5.41) is 2.54. The van der Waals surface area contributed by atoms with Gasteiger partial charge in [-0.05, 0) is 43.2 Å². The van der Waals surface area contributed by atoms with Gasteiger partial charge in [0, 0.05) is 17.9 Å². The molecule has 28 heavy (non-hydrogen) atoms. The molecule has 146 valence electrons. The predicted octanol–water partition coefficient (Wildman–Crippen LogP) is 4.80. The molecule has 1 heterocycles. The Morgan fingerprint density at radius 2 is 2.07 bits per heavy atom. The third kappa shape index (κ3) is 5.77. The molecular formula is C20H19FN2O3S2. The van der Waals surface area contributed by atoms with E-state index in [0.717, 1.165) is 25.9 Å². The van der Waals surface area contributed by atoms with Gasteiger partial charge >= 0.3 is 5.97 Å². The smallest absolute Gasteiger partial charge is 0.306 e. The van der Waals surface area contributed by atoms with E-state index in [0.29, 0.717) is 12.1 Å². The maximum absolute atomic E-state index is 13.2. The van der Waals surface area contributed by atoms with Crippen LogP contribution in [0.4, 0.5) is 10.1 Å². The second-order valence-electron chi connectivity index (χ2n) is 6.07. The van der Waals surface area contributed by atoms with Crippen LogP contribution in [-0.4, -0.2) is 29.2 Å². The second kappa shape index (κ2) is 9.66. The van der Waals surface area contributed by atoms with Gasteiger partial charge in [0.05, 0.1) is 10.2 Å². The third-order valence-electron chi connectivity index (χ3n) is 3.86. The Balaban J connectivity index is 1.35. The first-order chi connectivity index (χ1) is 13.5. The van der Waals surface area contributed by atoms with Gasteiger partial charge in [0.15, 0.2) is 10.9 Å². The molecule has 0 aliphatic rings. The lowest BCUT2D eigenvalue weighted by molar-refractivity contribution is -0.147. The molecule has 0 atom stereocenters. The summed E-state index contributed by atoms with van der Waals surface area (Å²) in [6.45, 7) is 1.37. The Kier molecular flexibility index (Phi) is 7.00. The van der Waals surface area contributed by atoms with E-state index in [2.05, 4.69) is 10.3 Å². The lowest BCUT2D eigenvalue weighted by Crippen LogP contribution is -2.21. The van der Waals surface area contributed by atoms with Crippen molar-refractivity contribution >= 4 is 50.9 Å². The molecule has 3 rings (SSSR count). The molecule has 2 aromatic carbocycles. The highest BCUT2D eigenvalue weighted by molar-refractivity contribution is 8.01. The van der Waals surface area contributed by atoms with E-state index < -0.39 is 17.7 Å². The van der Waals surface area contributed by atoms with Gasteiger partial charge in [-0.15, -0.1) is 11.3 Å². The summed E-state index contributed by atoms with van der Waals surface area (Å²) in [6, 6.07) is 12.1. The fourth-order valence-corrected chi connectivity index (χ4v) is 4.50. The third-order valence-corrected chi connectivity index (χ3v) is 6.13. The Labute approximate surface area is 170 Å². The maximum Gasteiger partial charge on any atom is 0.306 e. The van der Waals surface area contributed by atoms with E-state index in [1.54, 1.807) is 36.1 Å². The lowest BCUT2D eigenvalue weighted by atomic mass is 10.2. The highest BCUT2D eigenvalue weighted by Crippen LogP contribution is 2.29. The first kappa shape index (κ1) is 20.3. The Morgan fingerprint density at radius 1 is 1.25 bits per heavy atom. The van der Waals surface area contributed by atoms with Crippen LogP contribution in [-0.2, 0) is 14.3 Å². The normalized spacial score (nSPS) is 10.8. The number of nitrogens with zero attached hydrogens (tertiary/aromatic N) is 1. The number of hydrogen-bond donors (Lipinski definition) is 1. The summed E-state index contributed by atoms with van der Waals surface area (Å²) in [4.78, 5) is 28.2. The van der Waals surface area contributed by atoms with Crippen molar-refractivity contribution in [3.05, 3.63) is 53.8 Å². The van der Waals surface area contributed by atoms with Crippen LogP contribution in [0.3, 0.4) is 0 Å². The number of nitrogens with one attached hydrogen (secondary N) is 1. The van der Waals surface area contributed by atoms with Crippen LogP contribution in [0.1, 0.15) is 18.4 Å². The first-order valence-corrected chi connectivity index (χ1v) is 10.5. The number of carbonyl (C=O) groups excluding carboxylic acids is 2. The molecule has 1 N–H and O–H groups in total. The Bertz CT molecular complexity index is 957. The van der Waals surface area contributed by atoms with Gasteiger partial charge in [-0.3, -0.25) is 9.59 Å².